The van der Waals surface area contributed by atoms with Crippen LogP contribution in [0.4, 0.5) is 0 Å². The Balaban J connectivity index is 2.59. The summed E-state index contributed by atoms with van der Waals surface area (Å²) in [6, 6.07) is 8.31. The number of hydrogen-bond donors (Lipinski definition) is 5. The van der Waals surface area contributed by atoms with Crippen LogP contribution in [-0.2, 0) is 35.3 Å². The van der Waals surface area contributed by atoms with Gasteiger partial charge in [-0.05, 0) is 44.1 Å². The van der Waals surface area contributed by atoms with E-state index in [1.165, 1.54) is 122 Å². The molecule has 11 heteroatoms. The zero-order chi connectivity index (χ0) is 48.1. The molecule has 3 amide bonds. The molecule has 0 aromatic heterocycles. The number of amides is 3. The zero-order valence-electron chi connectivity index (χ0n) is 42.4. The first-order valence-electron chi connectivity index (χ1n) is 27.2. The molecule has 0 saturated heterocycles. The third-order valence-electron chi connectivity index (χ3n) is 12.6. The number of esters is 1. The molecule has 0 aliphatic heterocycles. The van der Waals surface area contributed by atoms with E-state index in [0.29, 0.717) is 32.3 Å². The Morgan fingerprint density at radius 2 is 0.970 bits per heavy atom. The summed E-state index contributed by atoms with van der Waals surface area (Å²) in [7, 11) is 0. The van der Waals surface area contributed by atoms with E-state index in [2.05, 4.69) is 36.7 Å². The van der Waals surface area contributed by atoms with E-state index >= 15 is 0 Å². The molecule has 0 radical (unpaired) electrons. The lowest BCUT2D eigenvalue weighted by atomic mass is 10.0. The van der Waals surface area contributed by atoms with Crippen molar-refractivity contribution in [2.75, 3.05) is 19.8 Å². The zero-order valence-corrected chi connectivity index (χ0v) is 42.4. The summed E-state index contributed by atoms with van der Waals surface area (Å²) in [6.07, 6.45) is 33.7. The Kier molecular flexibility index (Phi) is 41.1. The average molecular weight is 930 g/mol. The summed E-state index contributed by atoms with van der Waals surface area (Å²) >= 11 is 0. The molecule has 1 aromatic carbocycles. The molecule has 0 saturated carbocycles. The SMILES string of the molecule is CCCCCCCCCCCC(=O)O[C@H](CCCCCCCCCCC)CC(=O)N[C@H](CO)C(=O)NCCC[C@H](CO)NC(=O)C[C@@H](CCCCCCCCCCC)OCc1ccccc1. The lowest BCUT2D eigenvalue weighted by Gasteiger charge is -2.22. The molecule has 0 aliphatic rings. The van der Waals surface area contributed by atoms with Gasteiger partial charge in [0.2, 0.25) is 17.7 Å². The van der Waals surface area contributed by atoms with Crippen molar-refractivity contribution in [3.05, 3.63) is 35.9 Å². The molecule has 382 valence electrons. The van der Waals surface area contributed by atoms with Crippen molar-refractivity contribution in [1.29, 1.82) is 0 Å². The van der Waals surface area contributed by atoms with E-state index in [1.807, 2.05) is 30.3 Å². The molecule has 0 heterocycles. The smallest absolute Gasteiger partial charge is 0.306 e. The second-order valence-corrected chi connectivity index (χ2v) is 18.9. The first-order valence-corrected chi connectivity index (χ1v) is 27.2. The Hall–Kier alpha value is -3.02. The number of benzene rings is 1. The summed E-state index contributed by atoms with van der Waals surface area (Å²) in [5, 5.41) is 28.5. The van der Waals surface area contributed by atoms with Gasteiger partial charge >= 0.3 is 5.97 Å². The lowest BCUT2D eigenvalue weighted by Crippen LogP contribution is -2.49. The van der Waals surface area contributed by atoms with Crippen LogP contribution < -0.4 is 16.0 Å². The number of ether oxygens (including phenoxy) is 2. The third-order valence-corrected chi connectivity index (χ3v) is 12.6. The van der Waals surface area contributed by atoms with E-state index in [1.54, 1.807) is 0 Å². The number of hydrogen-bond acceptors (Lipinski definition) is 8. The Morgan fingerprint density at radius 1 is 0.515 bits per heavy atom. The van der Waals surface area contributed by atoms with Gasteiger partial charge in [0.1, 0.15) is 12.1 Å². The molecule has 0 unspecified atom stereocenters. The second kappa shape index (κ2) is 44.5. The molecule has 0 fully saturated rings. The summed E-state index contributed by atoms with van der Waals surface area (Å²) in [4.78, 5) is 52.3. The minimum Gasteiger partial charge on any atom is -0.462 e. The molecular formula is C55H99N3O8. The molecule has 5 N–H and O–H groups in total. The molecule has 1 rings (SSSR count). The summed E-state index contributed by atoms with van der Waals surface area (Å²) in [6.45, 7) is 6.52. The van der Waals surface area contributed by atoms with Crippen LogP contribution in [-0.4, -0.2) is 78.0 Å². The number of nitrogens with one attached hydrogen (secondary N) is 3. The van der Waals surface area contributed by atoms with Gasteiger partial charge in [-0.25, -0.2) is 0 Å². The summed E-state index contributed by atoms with van der Waals surface area (Å²) in [5.74, 6) is -1.44. The fourth-order valence-corrected chi connectivity index (χ4v) is 8.47. The molecule has 0 aliphatic carbocycles. The number of carbonyl (C=O) groups is 4. The van der Waals surface area contributed by atoms with E-state index < -0.39 is 36.6 Å². The summed E-state index contributed by atoms with van der Waals surface area (Å²) < 4.78 is 12.1. The average Bonchev–Trinajstić information content (AvgIpc) is 3.31. The minimum absolute atomic E-state index is 0.0699. The van der Waals surface area contributed by atoms with E-state index in [-0.39, 0.29) is 44.0 Å². The van der Waals surface area contributed by atoms with Crippen LogP contribution >= 0.6 is 0 Å². The van der Waals surface area contributed by atoms with Gasteiger partial charge in [0, 0.05) is 13.0 Å². The molecule has 4 atom stereocenters. The predicted octanol–water partition coefficient (Wildman–Crippen LogP) is 11.9. The van der Waals surface area contributed by atoms with Crippen molar-refractivity contribution in [2.24, 2.45) is 0 Å². The standard InChI is InChI=1S/C55H99N3O8/c1-4-7-10-13-16-19-22-25-31-38-49(65-46-47-35-29-28-30-36-47)42-52(61)57-48(44-59)37-34-41-56-55(64)51(45-60)58-53(62)43-50(39-32-26-23-20-17-14-11-8-5-2)66-54(63)40-33-27-24-21-18-15-12-9-6-3/h28-30,35-36,48-51,59-60H,4-27,31-34,37-46H2,1-3H3,(H,56,64)(H,57,61)(H,58,62)/t48-,49-,50-,51-/m1/s1. The first kappa shape index (κ1) is 61.0. The highest BCUT2D eigenvalue weighted by Gasteiger charge is 2.24. The quantitative estimate of drug-likeness (QED) is 0.0319. The molecule has 66 heavy (non-hydrogen) atoms. The van der Waals surface area contributed by atoms with Crippen molar-refractivity contribution < 1.29 is 38.9 Å². The van der Waals surface area contributed by atoms with Gasteiger partial charge in [-0.3, -0.25) is 19.2 Å². The lowest BCUT2D eigenvalue weighted by molar-refractivity contribution is -0.151. The number of carbonyl (C=O) groups excluding carboxylic acids is 4. The fraction of sp³-hybridized carbons (Fsp3) is 0.818. The van der Waals surface area contributed by atoms with Gasteiger partial charge in [0.25, 0.3) is 0 Å². The third kappa shape index (κ3) is 36.1. The largest absolute Gasteiger partial charge is 0.462 e. The Bertz CT molecular complexity index is 1300. The van der Waals surface area contributed by atoms with Crippen molar-refractivity contribution in [1.82, 2.24) is 16.0 Å². The predicted molar refractivity (Wildman–Crippen MR) is 270 cm³/mol. The maximum atomic E-state index is 13.2. The van der Waals surface area contributed by atoms with Gasteiger partial charge in [0.05, 0.1) is 44.8 Å². The highest BCUT2D eigenvalue weighted by Crippen LogP contribution is 2.18. The second-order valence-electron chi connectivity index (χ2n) is 18.9. The highest BCUT2D eigenvalue weighted by molar-refractivity contribution is 5.88. The Labute approximate surface area is 402 Å². The molecule has 0 bridgehead atoms. The van der Waals surface area contributed by atoms with Crippen LogP contribution in [0.2, 0.25) is 0 Å². The van der Waals surface area contributed by atoms with Crippen LogP contribution in [0.15, 0.2) is 30.3 Å². The monoisotopic (exact) mass is 930 g/mol. The van der Waals surface area contributed by atoms with Crippen LogP contribution in [0.5, 0.6) is 0 Å². The number of aliphatic hydroxyl groups excluding tert-OH is 2. The number of aliphatic hydroxyl groups is 2. The maximum Gasteiger partial charge on any atom is 0.306 e. The molecule has 1 aromatic rings. The number of rotatable bonds is 47. The van der Waals surface area contributed by atoms with Crippen molar-refractivity contribution >= 4 is 23.7 Å². The first-order chi connectivity index (χ1) is 32.3. The van der Waals surface area contributed by atoms with Crippen molar-refractivity contribution in [3.8, 4) is 0 Å². The highest BCUT2D eigenvalue weighted by atomic mass is 16.5. The van der Waals surface area contributed by atoms with Crippen molar-refractivity contribution in [3.63, 3.8) is 0 Å². The van der Waals surface area contributed by atoms with Gasteiger partial charge < -0.3 is 35.6 Å². The maximum absolute atomic E-state index is 13.2. The van der Waals surface area contributed by atoms with Gasteiger partial charge in [-0.2, -0.15) is 0 Å². The van der Waals surface area contributed by atoms with Gasteiger partial charge in [-0.15, -0.1) is 0 Å². The van der Waals surface area contributed by atoms with Gasteiger partial charge in [-0.1, -0.05) is 212 Å². The molecule has 0 spiro atoms. The molecular weight excluding hydrogens is 831 g/mol. The van der Waals surface area contributed by atoms with E-state index in [9.17, 15) is 29.4 Å². The number of unbranched alkanes of at least 4 members (excludes halogenated alkanes) is 24. The normalized spacial score (nSPS) is 13.2. The molecule has 11 nitrogen and oxygen atoms in total. The Morgan fingerprint density at radius 3 is 1.47 bits per heavy atom. The van der Waals surface area contributed by atoms with E-state index in [4.69, 9.17) is 9.47 Å². The minimum atomic E-state index is -1.16. The van der Waals surface area contributed by atoms with Crippen LogP contribution in [0.1, 0.15) is 245 Å². The van der Waals surface area contributed by atoms with Gasteiger partial charge in [0.15, 0.2) is 0 Å². The van der Waals surface area contributed by atoms with Crippen LogP contribution in [0.25, 0.3) is 0 Å². The van der Waals surface area contributed by atoms with E-state index in [0.717, 1.165) is 63.4 Å². The van der Waals surface area contributed by atoms with Crippen LogP contribution in [0, 0.1) is 0 Å². The van der Waals surface area contributed by atoms with Crippen LogP contribution in [0.3, 0.4) is 0 Å². The summed E-state index contributed by atoms with van der Waals surface area (Å²) in [5.41, 5.74) is 1.06. The van der Waals surface area contributed by atoms with Crippen molar-refractivity contribution in [2.45, 2.75) is 270 Å². The fourth-order valence-electron chi connectivity index (χ4n) is 8.47. The topological polar surface area (TPSA) is 163 Å².